The van der Waals surface area contributed by atoms with Crippen molar-refractivity contribution in [1.82, 2.24) is 0 Å². The van der Waals surface area contributed by atoms with Crippen molar-refractivity contribution in [2.75, 3.05) is 6.61 Å². The van der Waals surface area contributed by atoms with Crippen LogP contribution in [-0.4, -0.2) is 17.8 Å². The van der Waals surface area contributed by atoms with Gasteiger partial charge in [-0.15, -0.1) is 0 Å². The molecule has 1 fully saturated rings. The van der Waals surface area contributed by atoms with Crippen LogP contribution in [0.3, 0.4) is 0 Å². The predicted octanol–water partition coefficient (Wildman–Crippen LogP) is 2.69. The van der Waals surface area contributed by atoms with Gasteiger partial charge in [-0.25, -0.2) is 0 Å². The van der Waals surface area contributed by atoms with Crippen LogP contribution in [0.25, 0.3) is 0 Å². The van der Waals surface area contributed by atoms with E-state index in [9.17, 15) is 0 Å². The van der Waals surface area contributed by atoms with Crippen LogP contribution in [0.2, 0.25) is 0 Å². The van der Waals surface area contributed by atoms with Gasteiger partial charge in [0, 0.05) is 12.6 Å². The highest BCUT2D eigenvalue weighted by molar-refractivity contribution is 4.80. The van der Waals surface area contributed by atoms with Crippen LogP contribution in [-0.2, 0) is 0 Å². The van der Waals surface area contributed by atoms with E-state index in [4.69, 9.17) is 10.8 Å². The quantitative estimate of drug-likeness (QED) is 0.690. The maximum atomic E-state index is 9.13. The molecular weight excluding hydrogens is 186 g/mol. The van der Waals surface area contributed by atoms with E-state index in [-0.39, 0.29) is 0 Å². The second-order valence-electron chi connectivity index (χ2n) is 5.00. The molecule has 0 bridgehead atoms. The fraction of sp³-hybridized carbons (Fsp3) is 1.00. The topological polar surface area (TPSA) is 46.2 Å². The van der Waals surface area contributed by atoms with Gasteiger partial charge in [-0.05, 0) is 24.7 Å². The highest BCUT2D eigenvalue weighted by Gasteiger charge is 2.26. The van der Waals surface area contributed by atoms with Crippen molar-refractivity contribution in [2.24, 2.45) is 17.6 Å². The van der Waals surface area contributed by atoms with Crippen LogP contribution in [0.5, 0.6) is 0 Å². The second-order valence-corrected chi connectivity index (χ2v) is 5.00. The van der Waals surface area contributed by atoms with Crippen molar-refractivity contribution in [3.63, 3.8) is 0 Å². The van der Waals surface area contributed by atoms with Gasteiger partial charge >= 0.3 is 0 Å². The summed E-state index contributed by atoms with van der Waals surface area (Å²) in [7, 11) is 0. The summed E-state index contributed by atoms with van der Waals surface area (Å²) in [6.45, 7) is 2.46. The molecule has 1 saturated carbocycles. The molecule has 0 spiro atoms. The van der Waals surface area contributed by atoms with Gasteiger partial charge in [-0.3, -0.25) is 0 Å². The first kappa shape index (κ1) is 13.0. The SMILES string of the molecule is CCC(N)C(CCO)C1CCCCCC1. The molecule has 1 aliphatic carbocycles. The summed E-state index contributed by atoms with van der Waals surface area (Å²) in [5.41, 5.74) is 6.17. The Hall–Kier alpha value is -0.0800. The highest BCUT2D eigenvalue weighted by Crippen LogP contribution is 2.32. The monoisotopic (exact) mass is 213 g/mol. The number of hydrogen-bond acceptors (Lipinski definition) is 2. The molecule has 2 unspecified atom stereocenters. The van der Waals surface area contributed by atoms with Crippen LogP contribution in [0, 0.1) is 11.8 Å². The van der Waals surface area contributed by atoms with E-state index in [2.05, 4.69) is 6.92 Å². The molecule has 0 saturated heterocycles. The van der Waals surface area contributed by atoms with Gasteiger partial charge in [0.15, 0.2) is 0 Å². The maximum Gasteiger partial charge on any atom is 0.0434 e. The van der Waals surface area contributed by atoms with Gasteiger partial charge in [-0.2, -0.15) is 0 Å². The van der Waals surface area contributed by atoms with Gasteiger partial charge in [0.05, 0.1) is 0 Å². The first-order chi connectivity index (χ1) is 7.29. The minimum absolute atomic E-state index is 0.292. The normalized spacial score (nSPS) is 23.4. The zero-order valence-corrected chi connectivity index (χ0v) is 10.1. The van der Waals surface area contributed by atoms with Gasteiger partial charge in [-0.1, -0.05) is 45.4 Å². The third kappa shape index (κ3) is 4.12. The molecule has 2 heteroatoms. The Morgan fingerprint density at radius 1 is 1.20 bits per heavy atom. The molecule has 3 N–H and O–H groups in total. The number of aliphatic hydroxyl groups is 1. The smallest absolute Gasteiger partial charge is 0.0434 e. The molecule has 0 aliphatic heterocycles. The molecule has 0 aromatic heterocycles. The molecule has 0 radical (unpaired) electrons. The van der Waals surface area contributed by atoms with E-state index in [0.29, 0.717) is 18.6 Å². The summed E-state index contributed by atoms with van der Waals surface area (Å²) < 4.78 is 0. The van der Waals surface area contributed by atoms with Gasteiger partial charge in [0.25, 0.3) is 0 Å². The molecule has 2 nitrogen and oxygen atoms in total. The lowest BCUT2D eigenvalue weighted by molar-refractivity contribution is 0.180. The summed E-state index contributed by atoms with van der Waals surface area (Å²) in [5, 5.41) is 9.13. The Morgan fingerprint density at radius 3 is 2.27 bits per heavy atom. The number of hydrogen-bond donors (Lipinski definition) is 2. The van der Waals surface area contributed by atoms with Crippen molar-refractivity contribution in [3.05, 3.63) is 0 Å². The standard InChI is InChI=1S/C13H27NO/c1-2-13(14)12(9-10-15)11-7-5-3-4-6-8-11/h11-13,15H,2-10,14H2,1H3. The number of aliphatic hydroxyl groups excluding tert-OH is 1. The Kier molecular flexibility index (Phi) is 6.26. The molecule has 15 heavy (non-hydrogen) atoms. The molecule has 0 aromatic carbocycles. The highest BCUT2D eigenvalue weighted by atomic mass is 16.3. The van der Waals surface area contributed by atoms with Crippen molar-refractivity contribution in [3.8, 4) is 0 Å². The molecular formula is C13H27NO. The Morgan fingerprint density at radius 2 is 1.80 bits per heavy atom. The zero-order valence-electron chi connectivity index (χ0n) is 10.1. The van der Waals surface area contributed by atoms with Gasteiger partial charge in [0.2, 0.25) is 0 Å². The zero-order chi connectivity index (χ0) is 11.1. The van der Waals surface area contributed by atoms with E-state index < -0.39 is 0 Å². The third-order valence-corrected chi connectivity index (χ3v) is 3.99. The van der Waals surface area contributed by atoms with Crippen molar-refractivity contribution in [1.29, 1.82) is 0 Å². The van der Waals surface area contributed by atoms with Crippen LogP contribution < -0.4 is 5.73 Å². The Labute approximate surface area is 94.2 Å². The van der Waals surface area contributed by atoms with Crippen molar-refractivity contribution < 1.29 is 5.11 Å². The summed E-state index contributed by atoms with van der Waals surface area (Å²) in [4.78, 5) is 0. The molecule has 1 rings (SSSR count). The molecule has 2 atom stereocenters. The molecule has 0 aromatic rings. The lowest BCUT2D eigenvalue weighted by Crippen LogP contribution is -2.35. The predicted molar refractivity (Wildman–Crippen MR) is 64.7 cm³/mol. The minimum Gasteiger partial charge on any atom is -0.396 e. The maximum absolute atomic E-state index is 9.13. The largest absolute Gasteiger partial charge is 0.396 e. The van der Waals surface area contributed by atoms with E-state index in [1.807, 2.05) is 0 Å². The van der Waals surface area contributed by atoms with E-state index in [1.54, 1.807) is 0 Å². The van der Waals surface area contributed by atoms with Crippen LogP contribution >= 0.6 is 0 Å². The number of nitrogens with two attached hydrogens (primary N) is 1. The lowest BCUT2D eigenvalue weighted by Gasteiger charge is -2.30. The summed E-state index contributed by atoms with van der Waals surface area (Å²) in [5.74, 6) is 1.33. The second kappa shape index (κ2) is 7.24. The van der Waals surface area contributed by atoms with Gasteiger partial charge < -0.3 is 10.8 Å². The fourth-order valence-corrected chi connectivity index (χ4v) is 2.99. The van der Waals surface area contributed by atoms with E-state index in [0.717, 1.165) is 18.8 Å². The van der Waals surface area contributed by atoms with Gasteiger partial charge in [0.1, 0.15) is 0 Å². The molecule has 90 valence electrons. The third-order valence-electron chi connectivity index (χ3n) is 3.99. The summed E-state index contributed by atoms with van der Waals surface area (Å²) in [6.07, 6.45) is 10.1. The van der Waals surface area contributed by atoms with Crippen molar-refractivity contribution >= 4 is 0 Å². The number of rotatable bonds is 5. The summed E-state index contributed by atoms with van der Waals surface area (Å²) >= 11 is 0. The average molecular weight is 213 g/mol. The summed E-state index contributed by atoms with van der Waals surface area (Å²) in [6, 6.07) is 0.292. The van der Waals surface area contributed by atoms with Crippen LogP contribution in [0.1, 0.15) is 58.3 Å². The van der Waals surface area contributed by atoms with Crippen LogP contribution in [0.4, 0.5) is 0 Å². The first-order valence-corrected chi connectivity index (χ1v) is 6.66. The Balaban J connectivity index is 2.51. The van der Waals surface area contributed by atoms with Crippen LogP contribution in [0.15, 0.2) is 0 Å². The lowest BCUT2D eigenvalue weighted by atomic mass is 9.79. The Bertz CT molecular complexity index is 153. The minimum atomic E-state index is 0.292. The molecule has 1 aliphatic rings. The molecule has 0 amide bonds. The fourth-order valence-electron chi connectivity index (χ4n) is 2.99. The van der Waals surface area contributed by atoms with Crippen molar-refractivity contribution in [2.45, 2.75) is 64.3 Å². The molecule has 0 heterocycles. The van der Waals surface area contributed by atoms with E-state index >= 15 is 0 Å². The average Bonchev–Trinajstić information content (AvgIpc) is 2.53. The van der Waals surface area contributed by atoms with E-state index in [1.165, 1.54) is 38.5 Å². The first-order valence-electron chi connectivity index (χ1n) is 6.66.